The molecule has 6 nitrogen and oxygen atoms in total. The first-order valence-electron chi connectivity index (χ1n) is 6.45. The van der Waals surface area contributed by atoms with Gasteiger partial charge in [-0.2, -0.15) is 4.98 Å². The van der Waals surface area contributed by atoms with E-state index in [-0.39, 0.29) is 24.0 Å². The van der Waals surface area contributed by atoms with Crippen molar-refractivity contribution in [3.05, 3.63) is 33.6 Å². The van der Waals surface area contributed by atoms with Gasteiger partial charge in [0, 0.05) is 24.9 Å². The van der Waals surface area contributed by atoms with Gasteiger partial charge in [-0.15, -0.1) is 35.3 Å². The molecule has 0 aliphatic heterocycles. The van der Waals surface area contributed by atoms with E-state index < -0.39 is 0 Å². The highest BCUT2D eigenvalue weighted by Crippen LogP contribution is 2.14. The van der Waals surface area contributed by atoms with E-state index >= 15 is 0 Å². The normalized spacial score (nSPS) is 11.1. The van der Waals surface area contributed by atoms with Crippen molar-refractivity contribution < 1.29 is 4.52 Å². The van der Waals surface area contributed by atoms with Crippen LogP contribution in [0.25, 0.3) is 0 Å². The highest BCUT2D eigenvalue weighted by atomic mass is 127. The zero-order chi connectivity index (χ0) is 14.4. The third-order valence-electron chi connectivity index (χ3n) is 2.81. The molecule has 0 aromatic carbocycles. The number of aryl methyl sites for hydroxylation is 2. The average Bonchev–Trinajstić information content (AvgIpc) is 3.03. The summed E-state index contributed by atoms with van der Waals surface area (Å²) in [6, 6.07) is 2.12. The monoisotopic (exact) mass is 421 g/mol. The van der Waals surface area contributed by atoms with E-state index in [1.165, 1.54) is 10.4 Å². The molecule has 2 heterocycles. The predicted octanol–water partition coefficient (Wildman–Crippen LogP) is 2.27. The van der Waals surface area contributed by atoms with E-state index in [1.54, 1.807) is 18.4 Å². The number of hydrogen-bond acceptors (Lipinski definition) is 5. The lowest BCUT2D eigenvalue weighted by Crippen LogP contribution is -2.37. The van der Waals surface area contributed by atoms with Crippen LogP contribution in [0.4, 0.5) is 0 Å². The topological polar surface area (TPSA) is 75.3 Å². The third kappa shape index (κ3) is 5.62. The minimum atomic E-state index is 0. The van der Waals surface area contributed by atoms with Crippen LogP contribution < -0.4 is 10.6 Å². The molecule has 2 N–H and O–H groups in total. The predicted molar refractivity (Wildman–Crippen MR) is 95.4 cm³/mol. The molecular formula is C13H20IN5OS. The molecule has 0 fully saturated rings. The first-order chi connectivity index (χ1) is 9.69. The standard InChI is InChI=1S/C13H19N5OS.HI/c1-9-5-7-20-11(9)8-16-13(14-3)15-6-4-12-17-10(2)18-19-12;/h5,7H,4,6,8H2,1-3H3,(H2,14,15,16);1H. The Kier molecular flexibility index (Phi) is 7.65. The Morgan fingerprint density at radius 3 is 2.76 bits per heavy atom. The van der Waals surface area contributed by atoms with Crippen molar-refractivity contribution in [1.82, 2.24) is 20.8 Å². The molecule has 0 spiro atoms. The fourth-order valence-corrected chi connectivity index (χ4v) is 2.55. The minimum absolute atomic E-state index is 0. The van der Waals surface area contributed by atoms with Crippen LogP contribution >= 0.6 is 35.3 Å². The second-order valence-corrected chi connectivity index (χ2v) is 5.37. The zero-order valence-electron chi connectivity index (χ0n) is 12.3. The summed E-state index contributed by atoms with van der Waals surface area (Å²) in [5, 5.41) is 12.4. The van der Waals surface area contributed by atoms with Crippen molar-refractivity contribution in [3.63, 3.8) is 0 Å². The number of aliphatic imine (C=N–C) groups is 1. The first-order valence-corrected chi connectivity index (χ1v) is 7.33. The molecule has 8 heteroatoms. The maximum atomic E-state index is 5.05. The van der Waals surface area contributed by atoms with Crippen molar-refractivity contribution in [3.8, 4) is 0 Å². The molecule has 2 rings (SSSR count). The van der Waals surface area contributed by atoms with Crippen molar-refractivity contribution in [2.24, 2.45) is 4.99 Å². The van der Waals surface area contributed by atoms with Gasteiger partial charge in [-0.1, -0.05) is 5.16 Å². The summed E-state index contributed by atoms with van der Waals surface area (Å²) in [5.74, 6) is 2.07. The van der Waals surface area contributed by atoms with Gasteiger partial charge in [0.25, 0.3) is 0 Å². The number of rotatable bonds is 5. The molecule has 0 saturated heterocycles. The van der Waals surface area contributed by atoms with Crippen LogP contribution in [-0.2, 0) is 13.0 Å². The fourth-order valence-electron chi connectivity index (χ4n) is 1.70. The average molecular weight is 421 g/mol. The SMILES string of the molecule is CN=C(NCCc1nc(C)no1)NCc1sccc1C.I. The highest BCUT2D eigenvalue weighted by Gasteiger charge is 2.04. The van der Waals surface area contributed by atoms with E-state index in [0.29, 0.717) is 24.7 Å². The summed E-state index contributed by atoms with van der Waals surface area (Å²) in [7, 11) is 1.76. The van der Waals surface area contributed by atoms with E-state index in [2.05, 4.69) is 44.1 Å². The maximum Gasteiger partial charge on any atom is 0.228 e. The number of guanidine groups is 1. The van der Waals surface area contributed by atoms with Crippen molar-refractivity contribution in [2.45, 2.75) is 26.8 Å². The molecule has 0 saturated carbocycles. The van der Waals surface area contributed by atoms with Gasteiger partial charge < -0.3 is 15.2 Å². The molecule has 0 atom stereocenters. The first kappa shape index (κ1) is 17.9. The van der Waals surface area contributed by atoms with Crippen molar-refractivity contribution in [2.75, 3.05) is 13.6 Å². The van der Waals surface area contributed by atoms with E-state index in [1.807, 2.05) is 6.92 Å². The number of nitrogens with zero attached hydrogens (tertiary/aromatic N) is 3. The lowest BCUT2D eigenvalue weighted by molar-refractivity contribution is 0.374. The second-order valence-electron chi connectivity index (χ2n) is 4.36. The van der Waals surface area contributed by atoms with Gasteiger partial charge in [-0.05, 0) is 30.9 Å². The largest absolute Gasteiger partial charge is 0.356 e. The lowest BCUT2D eigenvalue weighted by atomic mass is 10.3. The molecule has 116 valence electrons. The Hall–Kier alpha value is -1.16. The van der Waals surface area contributed by atoms with Crippen LogP contribution in [0.3, 0.4) is 0 Å². The van der Waals surface area contributed by atoms with Crippen molar-refractivity contribution in [1.29, 1.82) is 0 Å². The van der Waals surface area contributed by atoms with Crippen LogP contribution in [0.5, 0.6) is 0 Å². The van der Waals surface area contributed by atoms with Gasteiger partial charge in [0.1, 0.15) is 0 Å². The van der Waals surface area contributed by atoms with E-state index in [0.717, 1.165) is 12.5 Å². The number of nitrogens with one attached hydrogen (secondary N) is 2. The maximum absolute atomic E-state index is 5.05. The van der Waals surface area contributed by atoms with Gasteiger partial charge in [0.2, 0.25) is 5.89 Å². The van der Waals surface area contributed by atoms with Crippen LogP contribution in [0.15, 0.2) is 21.0 Å². The molecule has 0 radical (unpaired) electrons. The Balaban J connectivity index is 0.00000220. The van der Waals surface area contributed by atoms with Gasteiger partial charge in [-0.3, -0.25) is 4.99 Å². The highest BCUT2D eigenvalue weighted by molar-refractivity contribution is 14.0. The number of aromatic nitrogens is 2. The molecule has 0 bridgehead atoms. The van der Waals surface area contributed by atoms with Crippen molar-refractivity contribution >= 4 is 41.3 Å². The molecule has 0 unspecified atom stereocenters. The summed E-state index contributed by atoms with van der Waals surface area (Å²) in [5.41, 5.74) is 1.30. The molecule has 2 aromatic rings. The Bertz CT molecular complexity index is 581. The summed E-state index contributed by atoms with van der Waals surface area (Å²) in [6.45, 7) is 5.40. The summed E-state index contributed by atoms with van der Waals surface area (Å²) in [4.78, 5) is 9.66. The number of thiophene rings is 1. The molecule has 0 aliphatic rings. The van der Waals surface area contributed by atoms with Crippen LogP contribution in [0.1, 0.15) is 22.2 Å². The minimum Gasteiger partial charge on any atom is -0.356 e. The molecule has 21 heavy (non-hydrogen) atoms. The summed E-state index contributed by atoms with van der Waals surface area (Å²) in [6.07, 6.45) is 0.680. The molecular weight excluding hydrogens is 401 g/mol. The zero-order valence-corrected chi connectivity index (χ0v) is 15.5. The summed E-state index contributed by atoms with van der Waals surface area (Å²) >= 11 is 1.75. The molecule has 2 aromatic heterocycles. The van der Waals surface area contributed by atoms with Gasteiger partial charge >= 0.3 is 0 Å². The molecule has 0 aliphatic carbocycles. The quantitative estimate of drug-likeness (QED) is 0.440. The smallest absolute Gasteiger partial charge is 0.228 e. The van der Waals surface area contributed by atoms with Crippen LogP contribution in [0.2, 0.25) is 0 Å². The fraction of sp³-hybridized carbons (Fsp3) is 0.462. The Labute approximate surface area is 145 Å². The second kappa shape index (κ2) is 8.98. The Morgan fingerprint density at radius 1 is 1.38 bits per heavy atom. The molecule has 0 amide bonds. The van der Waals surface area contributed by atoms with Gasteiger partial charge in [0.05, 0.1) is 6.54 Å². The van der Waals surface area contributed by atoms with Gasteiger partial charge in [-0.25, -0.2) is 0 Å². The van der Waals surface area contributed by atoms with E-state index in [9.17, 15) is 0 Å². The van der Waals surface area contributed by atoms with Crippen LogP contribution in [-0.4, -0.2) is 29.7 Å². The summed E-state index contributed by atoms with van der Waals surface area (Å²) < 4.78 is 5.05. The van der Waals surface area contributed by atoms with Gasteiger partial charge in [0.15, 0.2) is 11.8 Å². The number of hydrogen-bond donors (Lipinski definition) is 2. The number of halogens is 1. The van der Waals surface area contributed by atoms with E-state index in [4.69, 9.17) is 4.52 Å². The lowest BCUT2D eigenvalue weighted by Gasteiger charge is -2.10. The Morgan fingerprint density at radius 2 is 2.19 bits per heavy atom. The third-order valence-corrected chi connectivity index (χ3v) is 3.83. The van der Waals surface area contributed by atoms with Crippen LogP contribution in [0, 0.1) is 13.8 Å².